The number of H-pyrrole nitrogens is 4. The minimum absolute atomic E-state index is 0.0358. The first-order valence-corrected chi connectivity index (χ1v) is 44.0. The fourth-order valence-corrected chi connectivity index (χ4v) is 15.8. The molecule has 4 amide bonds. The number of halogens is 3. The van der Waals surface area contributed by atoms with Crippen LogP contribution in [0, 0.1) is 5.92 Å². The fourth-order valence-electron chi connectivity index (χ4n) is 15.8. The number of hydrogen-bond donors (Lipinski definition) is 11. The maximum atomic E-state index is 13.0. The fraction of sp³-hybridized carbons (Fsp3) is 0.188. The van der Waals surface area contributed by atoms with Crippen molar-refractivity contribution in [1.82, 2.24) is 88.1 Å². The van der Waals surface area contributed by atoms with E-state index in [9.17, 15) is 51.5 Å². The Kier molecular flexibility index (Phi) is 27.6. The molecule has 1 atom stereocenters. The predicted molar refractivity (Wildman–Crippen MR) is 514 cm³/mol. The van der Waals surface area contributed by atoms with E-state index in [0.717, 1.165) is 185 Å². The van der Waals surface area contributed by atoms with Gasteiger partial charge >= 0.3 is 6.18 Å². The van der Waals surface area contributed by atoms with Gasteiger partial charge in [0, 0.05) is 231 Å². The molecule has 0 radical (unpaired) electrons. The van der Waals surface area contributed by atoms with Gasteiger partial charge in [-0.2, -0.15) is 13.2 Å². The van der Waals surface area contributed by atoms with Crippen LogP contribution in [0.4, 0.5) is 58.7 Å². The SMILES string of the molecule is CN(C)CCN1CCN(C(=O)c2ccc(Nc3ccc(-c4cc[nH]c(=O)c4)n4ccnc34)cc2)CC1.O=C(NCC1CC1)c1ccc(Nc2ccc(-c3cc[nH]c(=O)c3)n3ccnc23)cc1.O=C(NCC1CCCO1)c1ccc(Nc2ccc(-c3cc[nH]c(=O)c3)n3ccnc23)cc1.O=C(NCc1ccc(C(F)(F)F)cc1)c1ccc(Nc2ccc(-c3cc[nH]c(=O)c3)n3ccnc23)cc1. The molecule has 135 heavy (non-hydrogen) atoms. The molecule has 31 nitrogen and oxygen atoms in total. The molecule has 684 valence electrons. The van der Waals surface area contributed by atoms with Crippen LogP contribution in [-0.4, -0.2) is 175 Å². The number of benzene rings is 5. The molecule has 34 heteroatoms. The van der Waals surface area contributed by atoms with E-state index in [1.54, 1.807) is 110 Å². The Morgan fingerprint density at radius 2 is 0.763 bits per heavy atom. The van der Waals surface area contributed by atoms with E-state index in [1.165, 1.54) is 31.0 Å². The normalized spacial score (nSPS) is 13.7. The molecule has 2 saturated heterocycles. The van der Waals surface area contributed by atoms with Gasteiger partial charge in [-0.25, -0.2) is 19.9 Å². The standard InChI is InChI=1S/C27H20F3N5O2.C27H31N7O2.C24H23N5O3.C23H21N5O2/c28-27(29,30)20-5-1-17(2-6-20)16-33-26(37)18-3-7-21(8-4-18)34-22-9-10-23(35-14-13-32-25(22)35)19-11-12-31-24(36)15-19;1-31(2)13-14-32-15-17-33(18-16-32)27(36)20-3-5-22(6-4-20)30-23-7-8-24(34-12-11-29-26(23)34)21-9-10-28-25(35)19-21;30-22-14-17(9-10-25-22)21-8-7-20(23-26-11-12-29(21)23)28-18-5-3-16(4-6-18)24(31)27-15-19-2-1-13-32-19;29-21-13-17(9-10-24-21)20-8-7-19(22-25-11-12-28(20)22)27-18-5-3-16(4-6-18)23(30)26-14-15-1-2-15/h1-15,34H,16H2,(H,31,36)(H,33,37);3-12,19,30H,13-18H2,1-2H3,(H,28,35);3-12,14,19,28H,1-2,13,15H2,(H,25,30)(H,27,31);3-13,15,27H,1-2,14H2,(H,24,29)(H,26,30). The number of aromatic nitrogens is 12. The maximum absolute atomic E-state index is 13.0. The number of amides is 4. The lowest BCUT2D eigenvalue weighted by atomic mass is 10.1. The summed E-state index contributed by atoms with van der Waals surface area (Å²) in [6.07, 6.45) is 20.9. The monoisotopic (exact) mass is 1820 g/mol. The number of ether oxygens (including phenoxy) is 1. The van der Waals surface area contributed by atoms with Crippen molar-refractivity contribution < 1.29 is 37.1 Å². The van der Waals surface area contributed by atoms with Crippen LogP contribution in [-0.2, 0) is 17.5 Å². The lowest BCUT2D eigenvalue weighted by molar-refractivity contribution is -0.137. The number of nitrogens with zero attached hydrogens (tertiary/aromatic N) is 11. The molecular formula is C101H95F3N22O9. The lowest BCUT2D eigenvalue weighted by Gasteiger charge is -2.35. The molecule has 1 unspecified atom stereocenters. The van der Waals surface area contributed by atoms with Gasteiger partial charge in [-0.15, -0.1) is 0 Å². The quantitative estimate of drug-likeness (QED) is 0.0253. The largest absolute Gasteiger partial charge is 0.416 e. The highest BCUT2D eigenvalue weighted by Gasteiger charge is 2.31. The van der Waals surface area contributed by atoms with E-state index in [-0.39, 0.29) is 58.5 Å². The van der Waals surface area contributed by atoms with Crippen molar-refractivity contribution in [3.63, 3.8) is 0 Å². The summed E-state index contributed by atoms with van der Waals surface area (Å²) in [5.41, 5.74) is 17.6. The van der Waals surface area contributed by atoms with Crippen LogP contribution in [0.15, 0.2) is 312 Å². The van der Waals surface area contributed by atoms with Gasteiger partial charge in [0.25, 0.3) is 23.6 Å². The maximum Gasteiger partial charge on any atom is 0.416 e. The Balaban J connectivity index is 0.000000125. The van der Waals surface area contributed by atoms with Crippen molar-refractivity contribution in [2.75, 3.05) is 94.3 Å². The van der Waals surface area contributed by atoms with Crippen molar-refractivity contribution in [2.24, 2.45) is 5.92 Å². The lowest BCUT2D eigenvalue weighted by Crippen LogP contribution is -2.49. The predicted octanol–water partition coefficient (Wildman–Crippen LogP) is 15.0. The Bertz CT molecular complexity index is 7330. The smallest absolute Gasteiger partial charge is 0.376 e. The molecule has 20 rings (SSSR count). The molecule has 17 aromatic rings. The molecule has 11 N–H and O–H groups in total. The number of alkyl halides is 3. The van der Waals surface area contributed by atoms with Gasteiger partial charge in [-0.1, -0.05) is 12.1 Å². The van der Waals surface area contributed by atoms with Crippen LogP contribution in [0.5, 0.6) is 0 Å². The summed E-state index contributed by atoms with van der Waals surface area (Å²) < 4.78 is 51.3. The zero-order chi connectivity index (χ0) is 93.5. The number of imidazole rings is 4. The minimum atomic E-state index is -4.40. The van der Waals surface area contributed by atoms with Crippen LogP contribution in [0.3, 0.4) is 0 Å². The zero-order valence-electron chi connectivity index (χ0n) is 73.5. The van der Waals surface area contributed by atoms with Gasteiger partial charge in [0.05, 0.1) is 57.2 Å². The molecule has 14 heterocycles. The van der Waals surface area contributed by atoms with E-state index < -0.39 is 11.7 Å². The summed E-state index contributed by atoms with van der Waals surface area (Å²) in [5.74, 6) is 0.246. The topological polar surface area (TPSA) is 372 Å². The van der Waals surface area contributed by atoms with Gasteiger partial charge in [-0.3, -0.25) is 60.9 Å². The average molecular weight is 1820 g/mol. The first kappa shape index (κ1) is 90.4. The van der Waals surface area contributed by atoms with Crippen molar-refractivity contribution in [2.45, 2.75) is 44.5 Å². The van der Waals surface area contributed by atoms with E-state index in [2.05, 4.69) is 101 Å². The van der Waals surface area contributed by atoms with Crippen LogP contribution in [0.1, 0.15) is 78.2 Å². The summed E-state index contributed by atoms with van der Waals surface area (Å²) in [6, 6.07) is 62.8. The van der Waals surface area contributed by atoms with E-state index in [0.29, 0.717) is 45.9 Å². The highest BCUT2D eigenvalue weighted by molar-refractivity contribution is 5.97. The summed E-state index contributed by atoms with van der Waals surface area (Å²) in [6.45, 7) is 7.57. The molecule has 3 fully saturated rings. The number of likely N-dealkylation sites (N-methyl/N-ethyl adjacent to an activating group) is 1. The highest BCUT2D eigenvalue weighted by Crippen LogP contribution is 2.35. The van der Waals surface area contributed by atoms with E-state index >= 15 is 0 Å². The van der Waals surface area contributed by atoms with Gasteiger partial charge in [-0.05, 0) is 233 Å². The van der Waals surface area contributed by atoms with E-state index in [4.69, 9.17) is 4.74 Å². The van der Waals surface area contributed by atoms with Crippen LogP contribution in [0.2, 0.25) is 0 Å². The third kappa shape index (κ3) is 22.5. The highest BCUT2D eigenvalue weighted by atomic mass is 19.4. The number of piperazine rings is 1. The van der Waals surface area contributed by atoms with Crippen LogP contribution in [0.25, 0.3) is 67.6 Å². The number of anilines is 8. The second kappa shape index (κ2) is 41.2. The van der Waals surface area contributed by atoms with Crippen molar-refractivity contribution in [3.05, 3.63) is 368 Å². The second-order valence-corrected chi connectivity index (χ2v) is 32.9. The zero-order valence-corrected chi connectivity index (χ0v) is 73.5. The summed E-state index contributed by atoms with van der Waals surface area (Å²) in [5, 5.41) is 22.1. The number of hydrogen-bond acceptors (Lipinski definition) is 19. The summed E-state index contributed by atoms with van der Waals surface area (Å²) >= 11 is 0. The van der Waals surface area contributed by atoms with Gasteiger partial charge in [0.1, 0.15) is 0 Å². The van der Waals surface area contributed by atoms with Crippen LogP contribution < -0.4 is 59.5 Å². The molecule has 12 aromatic heterocycles. The molecule has 0 bridgehead atoms. The van der Waals surface area contributed by atoms with Gasteiger partial charge in [0.15, 0.2) is 22.6 Å². The Morgan fingerprint density at radius 1 is 0.415 bits per heavy atom. The minimum Gasteiger partial charge on any atom is -0.376 e. The van der Waals surface area contributed by atoms with Crippen molar-refractivity contribution in [1.29, 1.82) is 0 Å². The Hall–Kier alpha value is -16.6. The van der Waals surface area contributed by atoms with Crippen molar-refractivity contribution in [3.8, 4) is 45.0 Å². The van der Waals surface area contributed by atoms with Crippen LogP contribution >= 0.6 is 0 Å². The number of carbonyl (C=O) groups is 4. The number of pyridine rings is 8. The number of nitrogens with one attached hydrogen (secondary N) is 11. The summed E-state index contributed by atoms with van der Waals surface area (Å²) in [7, 11) is 4.17. The Morgan fingerprint density at radius 3 is 1.09 bits per heavy atom. The molecular weight excluding hydrogens is 1720 g/mol. The Labute approximate surface area is 770 Å². The third-order valence-electron chi connectivity index (χ3n) is 23.2. The first-order chi connectivity index (χ1) is 65.6. The average Bonchev–Trinajstić information content (AvgIpc) is 1.71. The van der Waals surface area contributed by atoms with Crippen molar-refractivity contribution >= 4 is 91.7 Å². The molecule has 1 saturated carbocycles. The molecule has 1 aliphatic carbocycles. The first-order valence-electron chi connectivity index (χ1n) is 44.0. The molecule has 0 spiro atoms. The number of fused-ring (bicyclic) bond motifs is 4. The van der Waals surface area contributed by atoms with E-state index in [1.807, 2.05) is 175 Å². The number of rotatable bonds is 25. The van der Waals surface area contributed by atoms with Gasteiger partial charge in [0.2, 0.25) is 22.2 Å². The number of carbonyl (C=O) groups excluding carboxylic acids is 4. The second-order valence-electron chi connectivity index (χ2n) is 32.9. The molecule has 5 aromatic carbocycles. The van der Waals surface area contributed by atoms with Gasteiger partial charge < -0.3 is 71.7 Å². The number of aromatic amines is 4. The molecule has 3 aliphatic rings. The summed E-state index contributed by atoms with van der Waals surface area (Å²) in [4.78, 5) is 132. The third-order valence-corrected chi connectivity index (χ3v) is 23.2. The molecule has 2 aliphatic heterocycles.